The molecular weight excluding hydrogens is 208 g/mol. The number of nitrogens with one attached hydrogen (secondary N) is 1. The summed E-state index contributed by atoms with van der Waals surface area (Å²) >= 11 is 0. The van der Waals surface area contributed by atoms with Crippen molar-refractivity contribution < 1.29 is 9.47 Å². The third-order valence-electron chi connectivity index (χ3n) is 2.24. The number of rotatable bonds is 6. The second-order valence-electron chi connectivity index (χ2n) is 3.66. The Hall–Kier alpha value is -1.59. The average Bonchev–Trinajstić information content (AvgIpc) is 3.10. The van der Waals surface area contributed by atoms with E-state index >= 15 is 0 Å². The van der Waals surface area contributed by atoms with Gasteiger partial charge in [0.25, 0.3) is 0 Å². The predicted molar refractivity (Wildman–Crippen MR) is 58.8 cm³/mol. The highest BCUT2D eigenvalue weighted by molar-refractivity contribution is 5.26. The van der Waals surface area contributed by atoms with Gasteiger partial charge in [0.1, 0.15) is 0 Å². The summed E-state index contributed by atoms with van der Waals surface area (Å²) in [5.74, 6) is 1.13. The van der Waals surface area contributed by atoms with Crippen molar-refractivity contribution in [2.24, 2.45) is 5.92 Å². The van der Waals surface area contributed by atoms with Crippen LogP contribution < -0.4 is 14.8 Å². The fourth-order valence-electron chi connectivity index (χ4n) is 1.18. The summed E-state index contributed by atoms with van der Waals surface area (Å²) in [4.78, 5) is 12.2. The molecule has 1 aliphatic carbocycles. The molecule has 2 rings (SSSR count). The Bertz CT molecular complexity index is 355. The summed E-state index contributed by atoms with van der Waals surface area (Å²) in [6.07, 6.45) is 2.48. The lowest BCUT2D eigenvalue weighted by Gasteiger charge is -2.07. The lowest BCUT2D eigenvalue weighted by molar-refractivity contribution is 0.259. The van der Waals surface area contributed by atoms with Crippen LogP contribution in [0.3, 0.4) is 0 Å². The SMILES string of the molecule is CCOc1nc(NC)nc(OCC2CC2)n1. The maximum Gasteiger partial charge on any atom is 0.324 e. The lowest BCUT2D eigenvalue weighted by Crippen LogP contribution is -2.08. The number of nitrogens with zero attached hydrogens (tertiary/aromatic N) is 3. The van der Waals surface area contributed by atoms with Gasteiger partial charge in [0, 0.05) is 7.05 Å². The molecule has 0 spiro atoms. The largest absolute Gasteiger partial charge is 0.464 e. The van der Waals surface area contributed by atoms with Gasteiger partial charge < -0.3 is 14.8 Å². The van der Waals surface area contributed by atoms with Crippen LogP contribution in [0.25, 0.3) is 0 Å². The van der Waals surface area contributed by atoms with E-state index in [1.165, 1.54) is 12.8 Å². The third-order valence-corrected chi connectivity index (χ3v) is 2.24. The van der Waals surface area contributed by atoms with Crippen molar-refractivity contribution in [2.45, 2.75) is 19.8 Å². The van der Waals surface area contributed by atoms with Crippen LogP contribution >= 0.6 is 0 Å². The maximum absolute atomic E-state index is 5.48. The summed E-state index contributed by atoms with van der Waals surface area (Å²) in [6.45, 7) is 3.08. The van der Waals surface area contributed by atoms with Crippen molar-refractivity contribution in [2.75, 3.05) is 25.6 Å². The first-order valence-corrected chi connectivity index (χ1v) is 5.51. The van der Waals surface area contributed by atoms with E-state index < -0.39 is 0 Å². The Morgan fingerprint density at radius 1 is 1.19 bits per heavy atom. The molecule has 1 aromatic heterocycles. The molecule has 1 N–H and O–H groups in total. The molecule has 1 saturated carbocycles. The van der Waals surface area contributed by atoms with Crippen LogP contribution in [-0.4, -0.2) is 35.2 Å². The molecule has 0 radical (unpaired) electrons. The molecule has 88 valence electrons. The number of ether oxygens (including phenoxy) is 2. The van der Waals surface area contributed by atoms with Gasteiger partial charge in [-0.25, -0.2) is 0 Å². The predicted octanol–water partition coefficient (Wildman–Crippen LogP) is 1.10. The van der Waals surface area contributed by atoms with Crippen LogP contribution in [0.2, 0.25) is 0 Å². The molecule has 0 bridgehead atoms. The molecule has 0 amide bonds. The molecule has 0 saturated heterocycles. The Morgan fingerprint density at radius 2 is 1.88 bits per heavy atom. The molecular formula is C10H16N4O2. The Balaban J connectivity index is 2.04. The Morgan fingerprint density at radius 3 is 2.44 bits per heavy atom. The molecule has 0 unspecified atom stereocenters. The van der Waals surface area contributed by atoms with Crippen LogP contribution in [0.4, 0.5) is 5.95 Å². The van der Waals surface area contributed by atoms with E-state index in [1.54, 1.807) is 7.05 Å². The number of hydrogen-bond donors (Lipinski definition) is 1. The lowest BCUT2D eigenvalue weighted by atomic mass is 10.5. The highest BCUT2D eigenvalue weighted by atomic mass is 16.5. The van der Waals surface area contributed by atoms with E-state index in [2.05, 4.69) is 20.3 Å². The Labute approximate surface area is 94.4 Å². The molecule has 1 heterocycles. The monoisotopic (exact) mass is 224 g/mol. The van der Waals surface area contributed by atoms with E-state index in [-0.39, 0.29) is 0 Å². The van der Waals surface area contributed by atoms with E-state index in [4.69, 9.17) is 9.47 Å². The number of hydrogen-bond acceptors (Lipinski definition) is 6. The second-order valence-corrected chi connectivity index (χ2v) is 3.66. The molecule has 0 atom stereocenters. The quantitative estimate of drug-likeness (QED) is 0.780. The first-order valence-electron chi connectivity index (χ1n) is 5.51. The molecule has 0 aliphatic heterocycles. The standard InChI is InChI=1S/C10H16N4O2/c1-3-15-9-12-8(11-2)13-10(14-9)16-6-7-4-5-7/h7H,3-6H2,1-2H3,(H,11,12,13,14). The summed E-state index contributed by atoms with van der Waals surface area (Å²) < 4.78 is 10.7. The summed E-state index contributed by atoms with van der Waals surface area (Å²) in [5, 5.41) is 2.85. The smallest absolute Gasteiger partial charge is 0.324 e. The zero-order chi connectivity index (χ0) is 11.4. The van der Waals surface area contributed by atoms with E-state index in [0.717, 1.165) is 0 Å². The number of aromatic nitrogens is 3. The first-order chi connectivity index (χ1) is 7.81. The van der Waals surface area contributed by atoms with Gasteiger partial charge in [-0.05, 0) is 25.7 Å². The van der Waals surface area contributed by atoms with Gasteiger partial charge in [-0.15, -0.1) is 4.98 Å². The van der Waals surface area contributed by atoms with Crippen molar-refractivity contribution in [3.05, 3.63) is 0 Å². The number of anilines is 1. The van der Waals surface area contributed by atoms with Crippen LogP contribution in [-0.2, 0) is 0 Å². The van der Waals surface area contributed by atoms with E-state index in [9.17, 15) is 0 Å². The normalized spacial score (nSPS) is 14.6. The van der Waals surface area contributed by atoms with E-state index in [0.29, 0.717) is 37.1 Å². The van der Waals surface area contributed by atoms with Gasteiger partial charge in [0.15, 0.2) is 0 Å². The topological polar surface area (TPSA) is 69.2 Å². The molecule has 6 heteroatoms. The molecule has 1 aromatic rings. The van der Waals surface area contributed by atoms with Crippen LogP contribution in [0.15, 0.2) is 0 Å². The van der Waals surface area contributed by atoms with Gasteiger partial charge in [-0.3, -0.25) is 0 Å². The van der Waals surface area contributed by atoms with Gasteiger partial charge >= 0.3 is 12.0 Å². The summed E-state index contributed by atoms with van der Waals surface area (Å²) in [7, 11) is 1.75. The van der Waals surface area contributed by atoms with Crippen molar-refractivity contribution in [1.82, 2.24) is 15.0 Å². The second kappa shape index (κ2) is 4.96. The van der Waals surface area contributed by atoms with Crippen molar-refractivity contribution >= 4 is 5.95 Å². The fraction of sp³-hybridized carbons (Fsp3) is 0.700. The molecule has 0 aromatic carbocycles. The minimum Gasteiger partial charge on any atom is -0.464 e. The van der Waals surface area contributed by atoms with Gasteiger partial charge in [-0.1, -0.05) is 0 Å². The highest BCUT2D eigenvalue weighted by Gasteiger charge is 2.22. The zero-order valence-corrected chi connectivity index (χ0v) is 9.56. The summed E-state index contributed by atoms with van der Waals surface area (Å²) in [5.41, 5.74) is 0. The first kappa shape index (κ1) is 10.9. The van der Waals surface area contributed by atoms with Crippen molar-refractivity contribution in [1.29, 1.82) is 0 Å². The minimum atomic E-state index is 0.299. The van der Waals surface area contributed by atoms with Gasteiger partial charge in [-0.2, -0.15) is 9.97 Å². The van der Waals surface area contributed by atoms with Gasteiger partial charge in [0.05, 0.1) is 13.2 Å². The zero-order valence-electron chi connectivity index (χ0n) is 9.56. The van der Waals surface area contributed by atoms with Crippen molar-refractivity contribution in [3.63, 3.8) is 0 Å². The molecule has 1 aliphatic rings. The average molecular weight is 224 g/mol. The van der Waals surface area contributed by atoms with Gasteiger partial charge in [0.2, 0.25) is 5.95 Å². The molecule has 16 heavy (non-hydrogen) atoms. The van der Waals surface area contributed by atoms with Crippen LogP contribution in [0, 0.1) is 5.92 Å². The maximum atomic E-state index is 5.48. The molecule has 6 nitrogen and oxygen atoms in total. The Kier molecular flexibility index (Phi) is 3.38. The minimum absolute atomic E-state index is 0.299. The van der Waals surface area contributed by atoms with Crippen molar-refractivity contribution in [3.8, 4) is 12.0 Å². The third kappa shape index (κ3) is 2.95. The van der Waals surface area contributed by atoms with Crippen LogP contribution in [0.5, 0.6) is 12.0 Å². The van der Waals surface area contributed by atoms with E-state index in [1.807, 2.05) is 6.92 Å². The highest BCUT2D eigenvalue weighted by Crippen LogP contribution is 2.29. The van der Waals surface area contributed by atoms with Crippen LogP contribution in [0.1, 0.15) is 19.8 Å². The summed E-state index contributed by atoms with van der Waals surface area (Å²) in [6, 6.07) is 0.627. The fourth-order valence-corrected chi connectivity index (χ4v) is 1.18. The molecule has 1 fully saturated rings.